The van der Waals surface area contributed by atoms with Gasteiger partial charge in [0.05, 0.1) is 6.61 Å². The zero-order valence-electron chi connectivity index (χ0n) is 13.9. The molecule has 9 heteroatoms. The molecule has 2 heterocycles. The van der Waals surface area contributed by atoms with Crippen LogP contribution in [-0.4, -0.2) is 55.1 Å². The van der Waals surface area contributed by atoms with E-state index in [-0.39, 0.29) is 11.4 Å². The van der Waals surface area contributed by atoms with Crippen molar-refractivity contribution >= 4 is 11.6 Å². The van der Waals surface area contributed by atoms with Crippen LogP contribution in [-0.2, 0) is 4.74 Å². The third-order valence-electron chi connectivity index (χ3n) is 4.49. The van der Waals surface area contributed by atoms with Crippen LogP contribution in [0.25, 0.3) is 0 Å². The Kier molecular flexibility index (Phi) is 4.63. The lowest BCUT2D eigenvalue weighted by Crippen LogP contribution is -2.54. The van der Waals surface area contributed by atoms with E-state index in [2.05, 4.69) is 4.98 Å². The lowest BCUT2D eigenvalue weighted by atomic mass is 9.85. The Hall–Kier alpha value is -2.59. The first-order valence-corrected chi connectivity index (χ1v) is 7.92. The molecule has 0 bridgehead atoms. The van der Waals surface area contributed by atoms with E-state index in [1.807, 2.05) is 0 Å². The van der Waals surface area contributed by atoms with Crippen molar-refractivity contribution in [2.75, 3.05) is 12.3 Å². The highest BCUT2D eigenvalue weighted by Crippen LogP contribution is 2.40. The van der Waals surface area contributed by atoms with Gasteiger partial charge in [-0.05, 0) is 6.92 Å². The fraction of sp³-hybridized carbons (Fsp3) is 0.353. The van der Waals surface area contributed by atoms with Crippen LogP contribution in [0, 0.1) is 6.92 Å². The molecule has 0 spiro atoms. The van der Waals surface area contributed by atoms with Gasteiger partial charge in [-0.2, -0.15) is 4.98 Å². The molecule has 1 aromatic carbocycles. The number of hydrogen-bond donors (Lipinski definition) is 4. The average Bonchev–Trinajstić information content (AvgIpc) is 2.90. The molecule has 4 atom stereocenters. The minimum absolute atomic E-state index is 0.00132. The second-order valence-corrected chi connectivity index (χ2v) is 6.17. The topological polar surface area (TPSA) is 148 Å². The normalized spacial score (nSPS) is 28.2. The van der Waals surface area contributed by atoms with E-state index in [1.165, 1.54) is 18.3 Å². The first-order chi connectivity index (χ1) is 12.3. The number of hydrogen-bond acceptors (Lipinski definition) is 8. The van der Waals surface area contributed by atoms with Crippen LogP contribution < -0.4 is 11.4 Å². The van der Waals surface area contributed by atoms with E-state index in [4.69, 9.17) is 10.5 Å². The molecule has 1 aliphatic rings. The third kappa shape index (κ3) is 2.71. The third-order valence-corrected chi connectivity index (χ3v) is 4.49. The molecule has 9 nitrogen and oxygen atoms in total. The Morgan fingerprint density at radius 2 is 2.04 bits per heavy atom. The highest BCUT2D eigenvalue weighted by atomic mass is 16.6. The molecular weight excluding hydrogens is 342 g/mol. The molecule has 0 aliphatic carbocycles. The molecule has 1 aromatic heterocycles. The molecular formula is C17H19N3O6. The number of benzene rings is 1. The maximum absolute atomic E-state index is 13.0. The smallest absolute Gasteiger partial charge is 0.351 e. The van der Waals surface area contributed by atoms with E-state index < -0.39 is 42.1 Å². The predicted molar refractivity (Wildman–Crippen MR) is 90.4 cm³/mol. The van der Waals surface area contributed by atoms with Gasteiger partial charge in [0, 0.05) is 17.3 Å². The van der Waals surface area contributed by atoms with Gasteiger partial charge >= 0.3 is 5.69 Å². The number of carbonyl (C=O) groups is 1. The van der Waals surface area contributed by atoms with Gasteiger partial charge in [-0.25, -0.2) is 4.79 Å². The number of aliphatic hydroxyl groups excluding tert-OH is 2. The summed E-state index contributed by atoms with van der Waals surface area (Å²) in [4.78, 5) is 28.8. The van der Waals surface area contributed by atoms with Crippen LogP contribution in [0.15, 0.2) is 41.3 Å². The summed E-state index contributed by atoms with van der Waals surface area (Å²) in [6.45, 7) is 0.934. The van der Waals surface area contributed by atoms with Gasteiger partial charge in [0.2, 0.25) is 11.4 Å². The van der Waals surface area contributed by atoms with Crippen molar-refractivity contribution in [2.45, 2.75) is 31.0 Å². The summed E-state index contributed by atoms with van der Waals surface area (Å²) in [5.74, 6) is -0.839. The molecule has 26 heavy (non-hydrogen) atoms. The number of nitrogen functional groups attached to an aromatic ring is 1. The van der Waals surface area contributed by atoms with Crippen molar-refractivity contribution in [3.8, 4) is 0 Å². The van der Waals surface area contributed by atoms with Crippen LogP contribution in [0.3, 0.4) is 0 Å². The Morgan fingerprint density at radius 1 is 1.38 bits per heavy atom. The maximum Gasteiger partial charge on any atom is 0.351 e. The predicted octanol–water partition coefficient (Wildman–Crippen LogP) is -1.00. The quantitative estimate of drug-likeness (QED) is 0.507. The van der Waals surface area contributed by atoms with E-state index in [9.17, 15) is 24.9 Å². The number of anilines is 1. The minimum atomic E-state index is -2.50. The molecule has 1 saturated heterocycles. The van der Waals surface area contributed by atoms with Crippen molar-refractivity contribution in [2.24, 2.45) is 0 Å². The molecule has 0 radical (unpaired) electrons. The van der Waals surface area contributed by atoms with Gasteiger partial charge in [-0.3, -0.25) is 9.36 Å². The summed E-state index contributed by atoms with van der Waals surface area (Å²) in [6, 6.07) is 7.81. The van der Waals surface area contributed by atoms with Crippen molar-refractivity contribution in [3.63, 3.8) is 0 Å². The Labute approximate surface area is 148 Å². The first-order valence-electron chi connectivity index (χ1n) is 7.92. The van der Waals surface area contributed by atoms with E-state index >= 15 is 0 Å². The number of carbonyl (C=O) groups excluding carboxylic acids is 1. The Bertz CT molecular complexity index is 884. The molecule has 1 unspecified atom stereocenters. The lowest BCUT2D eigenvalue weighted by molar-refractivity contribution is -0.0859. The molecule has 0 saturated carbocycles. The summed E-state index contributed by atoms with van der Waals surface area (Å²) in [5, 5.41) is 31.0. The Balaban J connectivity index is 2.15. The molecule has 1 aliphatic heterocycles. The first kappa shape index (κ1) is 18.2. The van der Waals surface area contributed by atoms with E-state index in [0.29, 0.717) is 5.56 Å². The zero-order valence-corrected chi connectivity index (χ0v) is 13.9. The number of rotatable bonds is 4. The minimum Gasteiger partial charge on any atom is -0.394 e. The number of ketones is 1. The second-order valence-electron chi connectivity index (χ2n) is 6.17. The van der Waals surface area contributed by atoms with Gasteiger partial charge in [-0.1, -0.05) is 30.3 Å². The molecule has 2 aromatic rings. The number of aromatic nitrogens is 2. The number of aliphatic hydroxyl groups is 3. The number of nitrogens with zero attached hydrogens (tertiary/aromatic N) is 2. The van der Waals surface area contributed by atoms with Crippen LogP contribution in [0.4, 0.5) is 5.82 Å². The molecule has 0 amide bonds. The number of nitrogens with two attached hydrogens (primary N) is 1. The summed E-state index contributed by atoms with van der Waals surface area (Å²) in [7, 11) is 0. The van der Waals surface area contributed by atoms with Gasteiger partial charge in [0.25, 0.3) is 0 Å². The standard InChI is InChI=1S/C17H19N3O6/c1-9-7-20(16(24)19-14(9)18)15-17(25,13(23)11(8-21)26-15)12(22)10-5-3-2-4-6-10/h2-7,11,13,15,21,23,25H,8H2,1H3,(H2,18,19,24)/t11-,13-,15?,17-/m1/s1. The molecule has 138 valence electrons. The molecule has 5 N–H and O–H groups in total. The van der Waals surface area contributed by atoms with Crippen molar-refractivity contribution < 1.29 is 24.9 Å². The van der Waals surface area contributed by atoms with Crippen molar-refractivity contribution in [3.05, 3.63) is 58.1 Å². The fourth-order valence-electron chi connectivity index (χ4n) is 3.01. The molecule has 1 fully saturated rings. The summed E-state index contributed by atoms with van der Waals surface area (Å²) in [5.41, 5.74) is 2.79. The largest absolute Gasteiger partial charge is 0.394 e. The van der Waals surface area contributed by atoms with Crippen molar-refractivity contribution in [1.29, 1.82) is 0 Å². The zero-order chi connectivity index (χ0) is 19.1. The van der Waals surface area contributed by atoms with Crippen LogP contribution in [0.5, 0.6) is 0 Å². The summed E-state index contributed by atoms with van der Waals surface area (Å²) < 4.78 is 6.35. The average molecular weight is 361 g/mol. The number of ether oxygens (including phenoxy) is 1. The maximum atomic E-state index is 13.0. The number of aryl methyl sites for hydroxylation is 1. The van der Waals surface area contributed by atoms with E-state index in [1.54, 1.807) is 25.1 Å². The van der Waals surface area contributed by atoms with Gasteiger partial charge in [-0.15, -0.1) is 0 Å². The molecule has 3 rings (SSSR count). The van der Waals surface area contributed by atoms with Crippen LogP contribution >= 0.6 is 0 Å². The van der Waals surface area contributed by atoms with Gasteiger partial charge in [0.15, 0.2) is 6.23 Å². The number of Topliss-reactive ketones (excluding diaryl/α,β-unsaturated/α-hetero) is 1. The van der Waals surface area contributed by atoms with Gasteiger partial charge < -0.3 is 25.8 Å². The van der Waals surface area contributed by atoms with Crippen LogP contribution in [0.1, 0.15) is 22.1 Å². The summed E-state index contributed by atoms with van der Waals surface area (Å²) in [6.07, 6.45) is -3.32. The summed E-state index contributed by atoms with van der Waals surface area (Å²) >= 11 is 0. The highest BCUT2D eigenvalue weighted by Gasteiger charge is 2.61. The fourth-order valence-corrected chi connectivity index (χ4v) is 3.01. The van der Waals surface area contributed by atoms with E-state index in [0.717, 1.165) is 4.57 Å². The highest BCUT2D eigenvalue weighted by molar-refractivity contribution is 6.03. The Morgan fingerprint density at radius 3 is 2.65 bits per heavy atom. The van der Waals surface area contributed by atoms with Crippen molar-refractivity contribution in [1.82, 2.24) is 9.55 Å². The lowest BCUT2D eigenvalue weighted by Gasteiger charge is -2.30. The second kappa shape index (κ2) is 6.61. The monoisotopic (exact) mass is 361 g/mol. The van der Waals surface area contributed by atoms with Crippen LogP contribution in [0.2, 0.25) is 0 Å². The SMILES string of the molecule is Cc1cn(C2O[C@H](CO)[C@@H](O)[C@]2(O)C(=O)c2ccccc2)c(=O)nc1N. The van der Waals surface area contributed by atoms with Gasteiger partial charge in [0.1, 0.15) is 18.0 Å².